The van der Waals surface area contributed by atoms with Gasteiger partial charge in [-0.1, -0.05) is 42.5 Å². The smallest absolute Gasteiger partial charge is 0.317 e. The first-order chi connectivity index (χ1) is 14.9. The van der Waals surface area contributed by atoms with Crippen LogP contribution in [0.15, 0.2) is 48.5 Å². The van der Waals surface area contributed by atoms with Crippen molar-refractivity contribution in [3.8, 4) is 0 Å². The van der Waals surface area contributed by atoms with Crippen LogP contribution < -0.4 is 5.32 Å². The summed E-state index contributed by atoms with van der Waals surface area (Å²) >= 11 is 0. The molecule has 7 nitrogen and oxygen atoms in total. The molecule has 1 N–H and O–H groups in total. The van der Waals surface area contributed by atoms with E-state index >= 15 is 0 Å². The van der Waals surface area contributed by atoms with Crippen LogP contribution in [-0.2, 0) is 29.2 Å². The van der Waals surface area contributed by atoms with E-state index < -0.39 is 6.04 Å². The minimum absolute atomic E-state index is 0.0609. The lowest BCUT2D eigenvalue weighted by molar-refractivity contribution is -0.133. The van der Waals surface area contributed by atoms with Crippen LogP contribution in [0.3, 0.4) is 0 Å². The molecule has 1 aliphatic carbocycles. The molecule has 31 heavy (non-hydrogen) atoms. The number of carbonyl (C=O) groups excluding carboxylic acids is 4. The fraction of sp³-hybridized carbons (Fsp3) is 0.333. The lowest BCUT2D eigenvalue weighted by Crippen LogP contribution is -2.44. The predicted molar refractivity (Wildman–Crippen MR) is 114 cm³/mol. The molecule has 2 aliphatic rings. The largest absolute Gasteiger partial charge is 0.334 e. The van der Waals surface area contributed by atoms with Gasteiger partial charge < -0.3 is 15.1 Å². The van der Waals surface area contributed by atoms with Crippen LogP contribution in [0.4, 0.5) is 4.79 Å². The van der Waals surface area contributed by atoms with E-state index in [2.05, 4.69) is 5.32 Å². The molecule has 0 saturated heterocycles. The van der Waals surface area contributed by atoms with Crippen LogP contribution in [0, 0.1) is 0 Å². The molecule has 0 aromatic heterocycles. The molecule has 1 fully saturated rings. The SMILES string of the molecule is CN(Cc1cccc2c1CN(C1CCC(=O)CC1=O)C2=O)C(=O)NCc1ccccc1. The lowest BCUT2D eigenvalue weighted by atomic mass is 9.92. The fourth-order valence-electron chi connectivity index (χ4n) is 4.24. The molecule has 1 atom stereocenters. The van der Waals surface area contributed by atoms with Crippen molar-refractivity contribution in [1.29, 1.82) is 0 Å². The molecule has 7 heteroatoms. The standard InChI is InChI=1S/C24H25N3O4/c1-26(24(31)25-13-16-6-3-2-4-7-16)14-17-8-5-9-19-20(17)15-27(23(19)30)21-11-10-18(28)12-22(21)29/h2-9,21H,10-15H2,1H3,(H,25,31). The van der Waals surface area contributed by atoms with Gasteiger partial charge in [-0.2, -0.15) is 0 Å². The Balaban J connectivity index is 1.44. The first-order valence-corrected chi connectivity index (χ1v) is 10.4. The summed E-state index contributed by atoms with van der Waals surface area (Å²) in [6.45, 7) is 1.11. The first-order valence-electron chi connectivity index (χ1n) is 10.4. The maximum Gasteiger partial charge on any atom is 0.317 e. The van der Waals surface area contributed by atoms with E-state index in [1.807, 2.05) is 36.4 Å². The summed E-state index contributed by atoms with van der Waals surface area (Å²) in [7, 11) is 1.71. The van der Waals surface area contributed by atoms with Gasteiger partial charge in [-0.3, -0.25) is 14.4 Å². The van der Waals surface area contributed by atoms with Gasteiger partial charge >= 0.3 is 6.03 Å². The summed E-state index contributed by atoms with van der Waals surface area (Å²) in [5.74, 6) is -0.425. The van der Waals surface area contributed by atoms with Gasteiger partial charge in [0.2, 0.25) is 0 Å². The average molecular weight is 419 g/mol. The highest BCUT2D eigenvalue weighted by Crippen LogP contribution is 2.31. The molecule has 1 heterocycles. The highest BCUT2D eigenvalue weighted by atomic mass is 16.2. The van der Waals surface area contributed by atoms with E-state index in [1.165, 1.54) is 0 Å². The van der Waals surface area contributed by atoms with Gasteiger partial charge in [0.1, 0.15) is 5.78 Å². The van der Waals surface area contributed by atoms with Crippen molar-refractivity contribution < 1.29 is 19.2 Å². The van der Waals surface area contributed by atoms with E-state index in [-0.39, 0.29) is 29.9 Å². The molecule has 1 aliphatic heterocycles. The van der Waals surface area contributed by atoms with Gasteiger partial charge in [0, 0.05) is 38.7 Å². The molecular weight excluding hydrogens is 394 g/mol. The Kier molecular flexibility index (Phi) is 5.84. The van der Waals surface area contributed by atoms with Crippen LogP contribution in [0.25, 0.3) is 0 Å². The van der Waals surface area contributed by atoms with Crippen molar-refractivity contribution in [3.63, 3.8) is 0 Å². The molecule has 2 aromatic rings. The first kappa shape index (κ1) is 20.8. The zero-order chi connectivity index (χ0) is 22.0. The van der Waals surface area contributed by atoms with E-state index in [4.69, 9.17) is 0 Å². The predicted octanol–water partition coefficient (Wildman–Crippen LogP) is 2.67. The number of amides is 3. The monoisotopic (exact) mass is 419 g/mol. The van der Waals surface area contributed by atoms with E-state index in [1.54, 1.807) is 29.0 Å². The van der Waals surface area contributed by atoms with Gasteiger partial charge in [-0.25, -0.2) is 4.79 Å². The Labute approximate surface area is 181 Å². The Hall–Kier alpha value is -3.48. The third-order valence-corrected chi connectivity index (χ3v) is 5.95. The lowest BCUT2D eigenvalue weighted by Gasteiger charge is -2.29. The zero-order valence-electron chi connectivity index (χ0n) is 17.5. The summed E-state index contributed by atoms with van der Waals surface area (Å²) in [6.07, 6.45) is 0.615. The van der Waals surface area contributed by atoms with Crippen molar-refractivity contribution in [1.82, 2.24) is 15.1 Å². The summed E-state index contributed by atoms with van der Waals surface area (Å²) in [4.78, 5) is 52.5. The van der Waals surface area contributed by atoms with Gasteiger partial charge in [0.15, 0.2) is 5.78 Å². The summed E-state index contributed by atoms with van der Waals surface area (Å²) in [5.41, 5.74) is 3.31. The van der Waals surface area contributed by atoms with Gasteiger partial charge in [-0.15, -0.1) is 0 Å². The second-order valence-electron chi connectivity index (χ2n) is 8.11. The fourth-order valence-corrected chi connectivity index (χ4v) is 4.24. The number of urea groups is 1. The van der Waals surface area contributed by atoms with Crippen molar-refractivity contribution in [3.05, 3.63) is 70.8 Å². The number of nitrogens with zero attached hydrogens (tertiary/aromatic N) is 2. The van der Waals surface area contributed by atoms with Gasteiger partial charge in [0.25, 0.3) is 5.91 Å². The number of hydrogen-bond acceptors (Lipinski definition) is 4. The van der Waals surface area contributed by atoms with E-state index in [9.17, 15) is 19.2 Å². The van der Waals surface area contributed by atoms with Crippen LogP contribution in [0.5, 0.6) is 0 Å². The van der Waals surface area contributed by atoms with Crippen LogP contribution in [0.2, 0.25) is 0 Å². The molecule has 0 bridgehead atoms. The summed E-state index contributed by atoms with van der Waals surface area (Å²) in [6, 6.07) is 14.4. The third kappa shape index (κ3) is 4.35. The number of nitrogens with one attached hydrogen (secondary N) is 1. The van der Waals surface area contributed by atoms with Gasteiger partial charge in [-0.05, 0) is 29.2 Å². The van der Waals surface area contributed by atoms with Crippen LogP contribution in [-0.4, -0.2) is 46.4 Å². The number of benzene rings is 2. The molecule has 160 valence electrons. The number of Topliss-reactive ketones (excluding diaryl/α,β-unsaturated/α-hetero) is 2. The Morgan fingerprint density at radius 2 is 1.87 bits per heavy atom. The molecular formula is C24H25N3O4. The van der Waals surface area contributed by atoms with Crippen molar-refractivity contribution in [2.45, 2.75) is 44.9 Å². The topological polar surface area (TPSA) is 86.8 Å². The van der Waals surface area contributed by atoms with Crippen LogP contribution >= 0.6 is 0 Å². The highest BCUT2D eigenvalue weighted by molar-refractivity contribution is 6.07. The molecule has 2 aromatic carbocycles. The van der Waals surface area contributed by atoms with Gasteiger partial charge in [0.05, 0.1) is 12.5 Å². The number of rotatable bonds is 5. The normalized spacial score (nSPS) is 18.2. The Morgan fingerprint density at radius 1 is 1.10 bits per heavy atom. The Morgan fingerprint density at radius 3 is 2.61 bits per heavy atom. The van der Waals surface area contributed by atoms with Crippen molar-refractivity contribution >= 4 is 23.5 Å². The molecule has 4 rings (SSSR count). The quantitative estimate of drug-likeness (QED) is 0.755. The maximum atomic E-state index is 13.0. The summed E-state index contributed by atoms with van der Waals surface area (Å²) < 4.78 is 0. The number of carbonyl (C=O) groups is 4. The number of fused-ring (bicyclic) bond motifs is 1. The third-order valence-electron chi connectivity index (χ3n) is 5.95. The van der Waals surface area contributed by atoms with E-state index in [0.29, 0.717) is 38.0 Å². The molecule has 0 radical (unpaired) electrons. The molecule has 1 saturated carbocycles. The second kappa shape index (κ2) is 8.71. The summed E-state index contributed by atoms with van der Waals surface area (Å²) in [5, 5.41) is 2.90. The average Bonchev–Trinajstić information content (AvgIpc) is 3.10. The minimum atomic E-state index is -0.544. The minimum Gasteiger partial charge on any atom is -0.334 e. The number of hydrogen-bond donors (Lipinski definition) is 1. The zero-order valence-corrected chi connectivity index (χ0v) is 17.5. The van der Waals surface area contributed by atoms with Crippen molar-refractivity contribution in [2.24, 2.45) is 0 Å². The second-order valence-corrected chi connectivity index (χ2v) is 8.11. The van der Waals surface area contributed by atoms with Crippen molar-refractivity contribution in [2.75, 3.05) is 7.05 Å². The molecule has 1 unspecified atom stereocenters. The molecule has 3 amide bonds. The maximum absolute atomic E-state index is 13.0. The molecule has 0 spiro atoms. The van der Waals surface area contributed by atoms with Crippen LogP contribution in [0.1, 0.15) is 46.3 Å². The number of ketones is 2. The highest BCUT2D eigenvalue weighted by Gasteiger charge is 2.39. The Bertz CT molecular complexity index is 1030. The van der Waals surface area contributed by atoms with E-state index in [0.717, 1.165) is 16.7 Å².